The molecule has 5 nitrogen and oxygen atoms in total. The maximum Gasteiger partial charge on any atom is 0.375 e. The van der Waals surface area contributed by atoms with Gasteiger partial charge in [0.05, 0.1) is 25.1 Å². The van der Waals surface area contributed by atoms with Crippen LogP contribution < -0.4 is 4.40 Å². The Balaban J connectivity index is 1.94. The molecule has 0 bridgehead atoms. The van der Waals surface area contributed by atoms with Gasteiger partial charge < -0.3 is 0 Å². The van der Waals surface area contributed by atoms with Crippen molar-refractivity contribution in [2.75, 3.05) is 0 Å². The van der Waals surface area contributed by atoms with Crippen molar-refractivity contribution in [1.29, 1.82) is 0 Å². The Kier molecular flexibility index (Phi) is 1.46. The number of hydrogen-bond acceptors (Lipinski definition) is 2. The number of hydrogen-bond donors (Lipinski definition) is 0. The number of fused-ring (bicyclic) bond motifs is 7. The molecule has 0 N–H and O–H groups in total. The normalized spacial score (nSPS) is 13.1. The standard InChI is InChI=1S/C14H10N5/c1-2-15-6-12-10(1)7-19-13(12)9-17-8-11-5-16-3-4-18(11)14(17)19/h1-6,8-9H,7H2/q+1. The summed E-state index contributed by atoms with van der Waals surface area (Å²) in [5.74, 6) is 1.16. The zero-order valence-corrected chi connectivity index (χ0v) is 10.1. The SMILES string of the molecule is c1cc2c(cn1)-c1c[n+]3cc4cnccn4c3n1C2. The van der Waals surface area contributed by atoms with Crippen molar-refractivity contribution < 1.29 is 4.40 Å². The van der Waals surface area contributed by atoms with Gasteiger partial charge in [-0.25, -0.2) is 8.97 Å². The third-order valence-electron chi connectivity index (χ3n) is 3.81. The molecule has 5 heteroatoms. The molecule has 0 saturated carbocycles. The first-order valence-corrected chi connectivity index (χ1v) is 6.21. The van der Waals surface area contributed by atoms with Gasteiger partial charge in [0.25, 0.3) is 0 Å². The van der Waals surface area contributed by atoms with Crippen LogP contribution in [0.25, 0.3) is 22.6 Å². The van der Waals surface area contributed by atoms with Gasteiger partial charge in [-0.3, -0.25) is 9.97 Å². The summed E-state index contributed by atoms with van der Waals surface area (Å²) < 4.78 is 6.64. The van der Waals surface area contributed by atoms with Gasteiger partial charge in [0, 0.05) is 23.5 Å². The molecule has 4 aromatic rings. The van der Waals surface area contributed by atoms with Gasteiger partial charge >= 0.3 is 5.78 Å². The Morgan fingerprint density at radius 1 is 1.11 bits per heavy atom. The lowest BCUT2D eigenvalue weighted by molar-refractivity contribution is -0.508. The Bertz CT molecular complexity index is 947. The first-order chi connectivity index (χ1) is 9.42. The first kappa shape index (κ1) is 9.27. The quantitative estimate of drug-likeness (QED) is 0.387. The Hall–Kier alpha value is -2.69. The van der Waals surface area contributed by atoms with E-state index in [1.54, 1.807) is 0 Å². The Morgan fingerprint density at radius 2 is 2.05 bits per heavy atom. The highest BCUT2D eigenvalue weighted by molar-refractivity contribution is 5.68. The molecule has 0 atom stereocenters. The van der Waals surface area contributed by atoms with E-state index in [0.29, 0.717) is 0 Å². The van der Waals surface area contributed by atoms with Crippen LogP contribution in [0.5, 0.6) is 0 Å². The van der Waals surface area contributed by atoms with Crippen LogP contribution in [-0.4, -0.2) is 18.9 Å². The van der Waals surface area contributed by atoms with E-state index in [1.165, 1.54) is 16.8 Å². The van der Waals surface area contributed by atoms with E-state index in [2.05, 4.69) is 41.8 Å². The topological polar surface area (TPSA) is 39.2 Å². The summed E-state index contributed by atoms with van der Waals surface area (Å²) in [5.41, 5.74) is 4.89. The third-order valence-corrected chi connectivity index (χ3v) is 3.81. The van der Waals surface area contributed by atoms with Crippen LogP contribution in [0.2, 0.25) is 0 Å². The van der Waals surface area contributed by atoms with Crippen molar-refractivity contribution in [3.8, 4) is 11.3 Å². The van der Waals surface area contributed by atoms with Crippen LogP contribution >= 0.6 is 0 Å². The highest BCUT2D eigenvalue weighted by Crippen LogP contribution is 2.31. The Labute approximate surface area is 108 Å². The van der Waals surface area contributed by atoms with Crippen molar-refractivity contribution in [2.45, 2.75) is 6.54 Å². The zero-order valence-electron chi connectivity index (χ0n) is 10.1. The monoisotopic (exact) mass is 248 g/mol. The molecule has 0 spiro atoms. The molecule has 0 saturated heterocycles. The van der Waals surface area contributed by atoms with E-state index < -0.39 is 0 Å². The van der Waals surface area contributed by atoms with Gasteiger partial charge in [-0.05, 0) is 6.07 Å². The minimum atomic E-state index is 0.901. The van der Waals surface area contributed by atoms with Gasteiger partial charge in [-0.1, -0.05) is 0 Å². The van der Waals surface area contributed by atoms with E-state index in [4.69, 9.17) is 0 Å². The van der Waals surface area contributed by atoms with Crippen molar-refractivity contribution in [3.63, 3.8) is 0 Å². The molecule has 0 unspecified atom stereocenters. The molecule has 0 fully saturated rings. The molecule has 0 aliphatic carbocycles. The van der Waals surface area contributed by atoms with E-state index in [1.807, 2.05) is 31.0 Å². The van der Waals surface area contributed by atoms with E-state index in [-0.39, 0.29) is 0 Å². The van der Waals surface area contributed by atoms with Crippen LogP contribution in [0.1, 0.15) is 5.56 Å². The third kappa shape index (κ3) is 1.03. The summed E-state index contributed by atoms with van der Waals surface area (Å²) in [7, 11) is 0. The maximum absolute atomic E-state index is 4.23. The molecular weight excluding hydrogens is 238 g/mol. The maximum atomic E-state index is 4.23. The number of rotatable bonds is 0. The summed E-state index contributed by atoms with van der Waals surface area (Å²) >= 11 is 0. The van der Waals surface area contributed by atoms with Gasteiger partial charge in [0.1, 0.15) is 18.1 Å². The molecule has 0 aromatic carbocycles. The second-order valence-corrected chi connectivity index (χ2v) is 4.84. The van der Waals surface area contributed by atoms with E-state index >= 15 is 0 Å². The molecule has 0 amide bonds. The van der Waals surface area contributed by atoms with E-state index in [9.17, 15) is 0 Å². The first-order valence-electron chi connectivity index (χ1n) is 6.21. The van der Waals surface area contributed by atoms with Crippen LogP contribution in [-0.2, 0) is 6.54 Å². The van der Waals surface area contributed by atoms with Crippen molar-refractivity contribution in [1.82, 2.24) is 18.9 Å². The number of pyridine rings is 1. The summed E-state index contributed by atoms with van der Waals surface area (Å²) in [6.07, 6.45) is 13.8. The van der Waals surface area contributed by atoms with Crippen LogP contribution in [0, 0.1) is 0 Å². The highest BCUT2D eigenvalue weighted by atomic mass is 15.2. The van der Waals surface area contributed by atoms with Gasteiger partial charge in [-0.15, -0.1) is 0 Å². The minimum absolute atomic E-state index is 0.901. The largest absolute Gasteiger partial charge is 0.375 e. The van der Waals surface area contributed by atoms with Crippen molar-refractivity contribution in [3.05, 3.63) is 55.0 Å². The summed E-state index contributed by atoms with van der Waals surface area (Å²) in [6, 6.07) is 2.09. The fraction of sp³-hybridized carbons (Fsp3) is 0.0714. The lowest BCUT2D eigenvalue weighted by Crippen LogP contribution is -2.16. The molecule has 5 heterocycles. The Morgan fingerprint density at radius 3 is 3.05 bits per heavy atom. The fourth-order valence-electron chi connectivity index (χ4n) is 2.98. The molecule has 4 aromatic heterocycles. The van der Waals surface area contributed by atoms with Crippen molar-refractivity contribution in [2.24, 2.45) is 0 Å². The van der Waals surface area contributed by atoms with E-state index in [0.717, 1.165) is 17.8 Å². The summed E-state index contributed by atoms with van der Waals surface area (Å²) in [5, 5.41) is 0. The number of imidazole rings is 2. The average molecular weight is 248 g/mol. The van der Waals surface area contributed by atoms with Gasteiger partial charge in [0.15, 0.2) is 5.52 Å². The molecule has 1 aliphatic rings. The second-order valence-electron chi connectivity index (χ2n) is 4.84. The molecular formula is C14H10N5+. The zero-order chi connectivity index (χ0) is 12.4. The smallest absolute Gasteiger partial charge is 0.264 e. The van der Waals surface area contributed by atoms with Crippen LogP contribution in [0.4, 0.5) is 0 Å². The van der Waals surface area contributed by atoms with Crippen molar-refractivity contribution >= 4 is 11.3 Å². The molecule has 90 valence electrons. The second kappa shape index (κ2) is 3.00. The lowest BCUT2D eigenvalue weighted by Gasteiger charge is -1.92. The predicted octanol–water partition coefficient (Wildman–Crippen LogP) is 1.30. The van der Waals surface area contributed by atoms with Crippen LogP contribution in [0.15, 0.2) is 49.4 Å². The lowest BCUT2D eigenvalue weighted by atomic mass is 10.1. The molecule has 5 rings (SSSR count). The fourth-order valence-corrected chi connectivity index (χ4v) is 2.98. The average Bonchev–Trinajstić information content (AvgIpc) is 3.05. The summed E-state index contributed by atoms with van der Waals surface area (Å²) in [6.45, 7) is 0.901. The highest BCUT2D eigenvalue weighted by Gasteiger charge is 2.29. The van der Waals surface area contributed by atoms with Crippen LogP contribution in [0.3, 0.4) is 0 Å². The molecule has 19 heavy (non-hydrogen) atoms. The van der Waals surface area contributed by atoms with Gasteiger partial charge in [0.2, 0.25) is 0 Å². The molecule has 0 radical (unpaired) electrons. The summed E-state index contributed by atoms with van der Waals surface area (Å²) in [4.78, 5) is 8.40. The molecule has 1 aliphatic heterocycles. The van der Waals surface area contributed by atoms with Gasteiger partial charge in [-0.2, -0.15) is 4.40 Å². The predicted molar refractivity (Wildman–Crippen MR) is 68.7 cm³/mol. The number of aromatic nitrogens is 5. The minimum Gasteiger partial charge on any atom is -0.264 e. The number of nitrogens with zero attached hydrogens (tertiary/aromatic N) is 5.